The molecule has 0 aliphatic heterocycles. The quantitative estimate of drug-likeness (QED) is 0.798. The van der Waals surface area contributed by atoms with Crippen LogP contribution >= 0.6 is 0 Å². The van der Waals surface area contributed by atoms with Crippen molar-refractivity contribution in [2.24, 2.45) is 0 Å². The van der Waals surface area contributed by atoms with E-state index >= 15 is 0 Å². The van der Waals surface area contributed by atoms with Gasteiger partial charge in [0.1, 0.15) is 11.3 Å². The van der Waals surface area contributed by atoms with Gasteiger partial charge in [0, 0.05) is 11.8 Å². The van der Waals surface area contributed by atoms with E-state index in [0.717, 1.165) is 5.69 Å². The molecular weight excluding hydrogens is 218 g/mol. The van der Waals surface area contributed by atoms with Crippen LogP contribution in [0.2, 0.25) is 0 Å². The van der Waals surface area contributed by atoms with Crippen molar-refractivity contribution in [3.8, 4) is 5.75 Å². The standard InChI is InChI=1S/C13H19NO3/c1-4-13(5-2,12(15)16)14-10-7-6-8-11(9-10)17-3/h6-9,14H,4-5H2,1-3H3,(H,15,16). The number of hydrogen-bond acceptors (Lipinski definition) is 3. The molecule has 0 unspecified atom stereocenters. The van der Waals surface area contributed by atoms with Crippen molar-refractivity contribution in [2.75, 3.05) is 12.4 Å². The van der Waals surface area contributed by atoms with E-state index < -0.39 is 11.5 Å². The molecule has 1 aromatic carbocycles. The third kappa shape index (κ3) is 2.90. The van der Waals surface area contributed by atoms with Crippen LogP contribution in [0.25, 0.3) is 0 Å². The second-order valence-electron chi connectivity index (χ2n) is 3.95. The first-order valence-corrected chi connectivity index (χ1v) is 5.73. The van der Waals surface area contributed by atoms with Gasteiger partial charge in [0.2, 0.25) is 0 Å². The Morgan fingerprint density at radius 1 is 1.41 bits per heavy atom. The third-order valence-electron chi connectivity index (χ3n) is 3.07. The van der Waals surface area contributed by atoms with E-state index in [1.165, 1.54) is 0 Å². The molecule has 0 radical (unpaired) electrons. The number of methoxy groups -OCH3 is 1. The largest absolute Gasteiger partial charge is 0.497 e. The van der Waals surface area contributed by atoms with E-state index in [-0.39, 0.29) is 0 Å². The molecule has 0 amide bonds. The number of carboxylic acid groups (broad SMARTS) is 1. The van der Waals surface area contributed by atoms with Crippen LogP contribution in [0.5, 0.6) is 5.75 Å². The summed E-state index contributed by atoms with van der Waals surface area (Å²) in [6.45, 7) is 3.73. The summed E-state index contributed by atoms with van der Waals surface area (Å²) in [7, 11) is 1.59. The fourth-order valence-corrected chi connectivity index (χ4v) is 1.76. The van der Waals surface area contributed by atoms with Crippen LogP contribution in [-0.4, -0.2) is 23.7 Å². The van der Waals surface area contributed by atoms with Gasteiger partial charge < -0.3 is 15.2 Å². The molecule has 0 atom stereocenters. The Kier molecular flexibility index (Phi) is 4.37. The molecule has 2 N–H and O–H groups in total. The highest BCUT2D eigenvalue weighted by Crippen LogP contribution is 2.25. The maximum Gasteiger partial charge on any atom is 0.329 e. The normalized spacial score (nSPS) is 11.0. The zero-order chi connectivity index (χ0) is 12.9. The van der Waals surface area contributed by atoms with Crippen molar-refractivity contribution >= 4 is 11.7 Å². The summed E-state index contributed by atoms with van der Waals surface area (Å²) in [5, 5.41) is 12.4. The monoisotopic (exact) mass is 237 g/mol. The average molecular weight is 237 g/mol. The van der Waals surface area contributed by atoms with E-state index in [4.69, 9.17) is 4.74 Å². The molecule has 0 bridgehead atoms. The summed E-state index contributed by atoms with van der Waals surface area (Å²) in [5.74, 6) is -0.119. The van der Waals surface area contributed by atoms with E-state index in [9.17, 15) is 9.90 Å². The van der Waals surface area contributed by atoms with Crippen molar-refractivity contribution in [3.05, 3.63) is 24.3 Å². The summed E-state index contributed by atoms with van der Waals surface area (Å²) < 4.78 is 5.11. The van der Waals surface area contributed by atoms with Gasteiger partial charge in [-0.15, -0.1) is 0 Å². The number of carboxylic acids is 1. The van der Waals surface area contributed by atoms with Gasteiger partial charge in [-0.2, -0.15) is 0 Å². The molecule has 0 heterocycles. The second kappa shape index (κ2) is 5.57. The van der Waals surface area contributed by atoms with Crippen LogP contribution in [0.1, 0.15) is 26.7 Å². The summed E-state index contributed by atoms with van der Waals surface area (Å²) in [6, 6.07) is 7.29. The number of benzene rings is 1. The van der Waals surface area contributed by atoms with Gasteiger partial charge in [-0.25, -0.2) is 4.79 Å². The molecule has 1 aromatic rings. The molecule has 0 spiro atoms. The molecule has 0 aliphatic rings. The number of nitrogens with one attached hydrogen (secondary N) is 1. The number of rotatable bonds is 6. The zero-order valence-electron chi connectivity index (χ0n) is 10.5. The lowest BCUT2D eigenvalue weighted by molar-refractivity contribution is -0.142. The van der Waals surface area contributed by atoms with Crippen LogP contribution in [0.3, 0.4) is 0 Å². The fraction of sp³-hybridized carbons (Fsp3) is 0.462. The number of aliphatic carboxylic acids is 1. The third-order valence-corrected chi connectivity index (χ3v) is 3.07. The highest BCUT2D eigenvalue weighted by molar-refractivity contribution is 5.82. The fourth-order valence-electron chi connectivity index (χ4n) is 1.76. The molecule has 4 nitrogen and oxygen atoms in total. The van der Waals surface area contributed by atoms with Crippen LogP contribution in [0.15, 0.2) is 24.3 Å². The van der Waals surface area contributed by atoms with E-state index in [1.54, 1.807) is 13.2 Å². The molecular formula is C13H19NO3. The summed E-state index contributed by atoms with van der Waals surface area (Å²) >= 11 is 0. The molecule has 17 heavy (non-hydrogen) atoms. The van der Waals surface area contributed by atoms with Crippen LogP contribution < -0.4 is 10.1 Å². The molecule has 0 aliphatic carbocycles. The van der Waals surface area contributed by atoms with Crippen LogP contribution in [0, 0.1) is 0 Å². The van der Waals surface area contributed by atoms with Gasteiger partial charge in [0.25, 0.3) is 0 Å². The Balaban J connectivity index is 2.97. The number of ether oxygens (including phenoxy) is 1. The summed E-state index contributed by atoms with van der Waals surface area (Å²) in [4.78, 5) is 11.3. The average Bonchev–Trinajstić information content (AvgIpc) is 2.36. The van der Waals surface area contributed by atoms with Gasteiger partial charge in [0.05, 0.1) is 7.11 Å². The topological polar surface area (TPSA) is 58.6 Å². The first kappa shape index (κ1) is 13.4. The Morgan fingerprint density at radius 2 is 2.06 bits per heavy atom. The second-order valence-corrected chi connectivity index (χ2v) is 3.95. The predicted octanol–water partition coefficient (Wildman–Crippen LogP) is 2.75. The lowest BCUT2D eigenvalue weighted by atomic mass is 9.92. The van der Waals surface area contributed by atoms with Gasteiger partial charge in [0.15, 0.2) is 0 Å². The van der Waals surface area contributed by atoms with E-state index in [2.05, 4.69) is 5.32 Å². The van der Waals surface area contributed by atoms with Crippen molar-refractivity contribution in [1.82, 2.24) is 0 Å². The Labute approximate surface area is 102 Å². The number of anilines is 1. The zero-order valence-corrected chi connectivity index (χ0v) is 10.5. The molecule has 4 heteroatoms. The first-order chi connectivity index (χ1) is 8.07. The Hall–Kier alpha value is -1.71. The minimum Gasteiger partial charge on any atom is -0.497 e. The van der Waals surface area contributed by atoms with Crippen molar-refractivity contribution in [2.45, 2.75) is 32.2 Å². The minimum atomic E-state index is -0.910. The molecule has 0 saturated carbocycles. The highest BCUT2D eigenvalue weighted by Gasteiger charge is 2.34. The smallest absolute Gasteiger partial charge is 0.329 e. The minimum absolute atomic E-state index is 0.524. The molecule has 0 saturated heterocycles. The van der Waals surface area contributed by atoms with Gasteiger partial charge in [-0.1, -0.05) is 19.9 Å². The van der Waals surface area contributed by atoms with E-state index in [0.29, 0.717) is 18.6 Å². The maximum absolute atomic E-state index is 11.3. The lowest BCUT2D eigenvalue weighted by Gasteiger charge is -2.29. The van der Waals surface area contributed by atoms with Crippen molar-refractivity contribution < 1.29 is 14.6 Å². The molecule has 0 fully saturated rings. The van der Waals surface area contributed by atoms with Gasteiger partial charge >= 0.3 is 5.97 Å². The number of carbonyl (C=O) groups is 1. The summed E-state index contributed by atoms with van der Waals surface area (Å²) in [5.41, 5.74) is -0.151. The van der Waals surface area contributed by atoms with E-state index in [1.807, 2.05) is 32.0 Å². The Morgan fingerprint density at radius 3 is 2.53 bits per heavy atom. The van der Waals surface area contributed by atoms with Gasteiger partial charge in [-0.05, 0) is 25.0 Å². The lowest BCUT2D eigenvalue weighted by Crippen LogP contribution is -2.45. The predicted molar refractivity (Wildman–Crippen MR) is 67.6 cm³/mol. The molecule has 1 rings (SSSR count). The van der Waals surface area contributed by atoms with Crippen LogP contribution in [-0.2, 0) is 4.79 Å². The highest BCUT2D eigenvalue weighted by atomic mass is 16.5. The maximum atomic E-state index is 11.3. The Bertz CT molecular complexity index is 386. The first-order valence-electron chi connectivity index (χ1n) is 5.73. The molecule has 94 valence electrons. The summed E-state index contributed by atoms with van der Waals surface area (Å²) in [6.07, 6.45) is 1.05. The van der Waals surface area contributed by atoms with Crippen molar-refractivity contribution in [1.29, 1.82) is 0 Å². The number of hydrogen-bond donors (Lipinski definition) is 2. The SMILES string of the molecule is CCC(CC)(Nc1cccc(OC)c1)C(=O)O. The van der Waals surface area contributed by atoms with Crippen LogP contribution in [0.4, 0.5) is 5.69 Å². The molecule has 0 aromatic heterocycles. The van der Waals surface area contributed by atoms with Crippen molar-refractivity contribution in [3.63, 3.8) is 0 Å². The van der Waals surface area contributed by atoms with Gasteiger partial charge in [-0.3, -0.25) is 0 Å².